The highest BCUT2D eigenvalue weighted by atomic mass is 32.2. The molecular formula is C24H19NO4S. The van der Waals surface area contributed by atoms with Gasteiger partial charge in [-0.2, -0.15) is 8.42 Å². The van der Waals surface area contributed by atoms with Crippen LogP contribution < -0.4 is 9.08 Å². The fraction of sp³-hybridized carbons (Fsp3) is 0.125. The molecule has 0 N–H and O–H groups in total. The fourth-order valence-corrected chi connectivity index (χ4v) is 5.26. The molecule has 0 saturated carbocycles. The Hall–Kier alpha value is -3.38. The Morgan fingerprint density at radius 3 is 2.43 bits per heavy atom. The first kappa shape index (κ1) is 18.6. The van der Waals surface area contributed by atoms with E-state index in [0.29, 0.717) is 22.9 Å². The average molecular weight is 417 g/mol. The third kappa shape index (κ3) is 2.75. The van der Waals surface area contributed by atoms with Gasteiger partial charge in [0.15, 0.2) is 5.75 Å². The summed E-state index contributed by atoms with van der Waals surface area (Å²) in [6.07, 6.45) is 0.811. The lowest BCUT2D eigenvalue weighted by Crippen LogP contribution is -2.27. The maximum absolute atomic E-state index is 13.3. The molecule has 1 aliphatic heterocycles. The summed E-state index contributed by atoms with van der Waals surface area (Å²) in [5.41, 5.74) is 1.27. The lowest BCUT2D eigenvalue weighted by molar-refractivity contribution is 0.0993. The number of rotatable bonds is 5. The number of hydrogen-bond acceptors (Lipinski definition) is 4. The smallest absolute Gasteiger partial charge is 0.339 e. The van der Waals surface area contributed by atoms with Gasteiger partial charge in [0.1, 0.15) is 4.90 Å². The standard InChI is InChI=1S/C24H19NO4S/c1-2-15-25-20-13-14-22(18-10-6-11-19(23(18)20)24(25)26)30(27,28)29-21-12-5-8-16-7-3-4-9-17(16)21/h3-14H,2,15H2,1H3. The topological polar surface area (TPSA) is 63.7 Å². The van der Waals surface area contributed by atoms with Crippen molar-refractivity contribution in [3.8, 4) is 5.75 Å². The van der Waals surface area contributed by atoms with E-state index < -0.39 is 10.1 Å². The minimum Gasteiger partial charge on any atom is -0.378 e. The summed E-state index contributed by atoms with van der Waals surface area (Å²) in [7, 11) is -4.11. The number of fused-ring (bicyclic) bond motifs is 1. The summed E-state index contributed by atoms with van der Waals surface area (Å²) >= 11 is 0. The van der Waals surface area contributed by atoms with Gasteiger partial charge in [0, 0.05) is 28.3 Å². The zero-order valence-electron chi connectivity index (χ0n) is 16.3. The van der Waals surface area contributed by atoms with Gasteiger partial charge >= 0.3 is 10.1 Å². The predicted octanol–water partition coefficient (Wildman–Crippen LogP) is 5.13. The molecule has 4 aromatic carbocycles. The van der Waals surface area contributed by atoms with Crippen molar-refractivity contribution in [2.75, 3.05) is 11.4 Å². The van der Waals surface area contributed by atoms with Crippen LogP contribution in [0.2, 0.25) is 0 Å². The average Bonchev–Trinajstić information content (AvgIpc) is 3.02. The number of hydrogen-bond donors (Lipinski definition) is 0. The van der Waals surface area contributed by atoms with Crippen LogP contribution in [-0.4, -0.2) is 20.9 Å². The fourth-order valence-electron chi connectivity index (χ4n) is 4.11. The van der Waals surface area contributed by atoms with E-state index in [9.17, 15) is 13.2 Å². The minimum absolute atomic E-state index is 0.0576. The zero-order valence-corrected chi connectivity index (χ0v) is 17.1. The molecule has 4 aromatic rings. The molecule has 5 rings (SSSR count). The van der Waals surface area contributed by atoms with Crippen LogP contribution in [0, 0.1) is 0 Å². The van der Waals surface area contributed by atoms with Crippen molar-refractivity contribution in [1.29, 1.82) is 0 Å². The normalized spacial score (nSPS) is 13.4. The van der Waals surface area contributed by atoms with Crippen molar-refractivity contribution in [1.82, 2.24) is 0 Å². The summed E-state index contributed by atoms with van der Waals surface area (Å²) < 4.78 is 32.1. The molecule has 150 valence electrons. The lowest BCUT2D eigenvalue weighted by atomic mass is 10.1. The molecule has 5 nitrogen and oxygen atoms in total. The first-order chi connectivity index (χ1) is 14.5. The van der Waals surface area contributed by atoms with Crippen molar-refractivity contribution in [3.05, 3.63) is 78.4 Å². The first-order valence-corrected chi connectivity index (χ1v) is 11.2. The third-order valence-corrected chi connectivity index (χ3v) is 6.70. The number of anilines is 1. The second-order valence-corrected chi connectivity index (χ2v) is 8.80. The van der Waals surface area contributed by atoms with Gasteiger partial charge in [0.05, 0.1) is 5.69 Å². The highest BCUT2D eigenvalue weighted by Crippen LogP contribution is 2.41. The van der Waals surface area contributed by atoms with E-state index in [1.54, 1.807) is 41.3 Å². The molecule has 0 aromatic heterocycles. The van der Waals surface area contributed by atoms with Gasteiger partial charge in [-0.15, -0.1) is 0 Å². The van der Waals surface area contributed by atoms with Crippen molar-refractivity contribution in [2.45, 2.75) is 18.2 Å². The molecule has 0 atom stereocenters. The van der Waals surface area contributed by atoms with Crippen molar-refractivity contribution in [3.63, 3.8) is 0 Å². The number of nitrogens with zero attached hydrogens (tertiary/aromatic N) is 1. The summed E-state index contributed by atoms with van der Waals surface area (Å²) in [4.78, 5) is 14.6. The van der Waals surface area contributed by atoms with E-state index in [1.165, 1.54) is 6.07 Å². The Bertz CT molecular complexity index is 1420. The van der Waals surface area contributed by atoms with Crippen LogP contribution in [0.5, 0.6) is 5.75 Å². The third-order valence-electron chi connectivity index (χ3n) is 5.41. The Balaban J connectivity index is 1.66. The SMILES string of the molecule is CCCN1C(=O)c2cccc3c(S(=O)(=O)Oc4cccc5ccccc45)ccc1c23. The molecule has 0 aliphatic carbocycles. The molecule has 0 bridgehead atoms. The Morgan fingerprint density at radius 2 is 1.60 bits per heavy atom. The van der Waals surface area contributed by atoms with Crippen LogP contribution in [-0.2, 0) is 10.1 Å². The lowest BCUT2D eigenvalue weighted by Gasteiger charge is -2.17. The van der Waals surface area contributed by atoms with Crippen LogP contribution in [0.25, 0.3) is 21.5 Å². The molecule has 30 heavy (non-hydrogen) atoms. The Kier molecular flexibility index (Phi) is 4.25. The number of carbonyl (C=O) groups is 1. The Labute approximate surface area is 174 Å². The predicted molar refractivity (Wildman–Crippen MR) is 118 cm³/mol. The molecule has 6 heteroatoms. The Morgan fingerprint density at radius 1 is 0.867 bits per heavy atom. The van der Waals surface area contributed by atoms with E-state index in [0.717, 1.165) is 22.9 Å². The van der Waals surface area contributed by atoms with E-state index in [2.05, 4.69) is 0 Å². The second kappa shape index (κ2) is 6.85. The molecule has 0 radical (unpaired) electrons. The van der Waals surface area contributed by atoms with Gasteiger partial charge in [0.25, 0.3) is 5.91 Å². The zero-order chi connectivity index (χ0) is 20.9. The van der Waals surface area contributed by atoms with E-state index in [4.69, 9.17) is 4.18 Å². The summed E-state index contributed by atoms with van der Waals surface area (Å²) in [6, 6.07) is 21.2. The molecule has 1 aliphatic rings. The van der Waals surface area contributed by atoms with Crippen LogP contribution in [0.3, 0.4) is 0 Å². The quantitative estimate of drug-likeness (QED) is 0.422. The number of amides is 1. The number of benzene rings is 4. The maximum atomic E-state index is 13.3. The van der Waals surface area contributed by atoms with Crippen LogP contribution in [0.15, 0.2) is 77.7 Å². The van der Waals surface area contributed by atoms with Gasteiger partial charge in [-0.1, -0.05) is 55.5 Å². The molecule has 1 heterocycles. The maximum Gasteiger partial charge on any atom is 0.339 e. The van der Waals surface area contributed by atoms with Crippen LogP contribution >= 0.6 is 0 Å². The highest BCUT2D eigenvalue weighted by molar-refractivity contribution is 7.87. The summed E-state index contributed by atoms with van der Waals surface area (Å²) in [6.45, 7) is 2.59. The number of carbonyl (C=O) groups excluding carboxylic acids is 1. The van der Waals surface area contributed by atoms with Gasteiger partial charge in [0.2, 0.25) is 0 Å². The van der Waals surface area contributed by atoms with Gasteiger partial charge in [-0.3, -0.25) is 4.79 Å². The molecule has 0 fully saturated rings. The second-order valence-electron chi connectivity index (χ2n) is 7.28. The summed E-state index contributed by atoms with van der Waals surface area (Å²) in [5, 5.41) is 2.78. The minimum atomic E-state index is -4.11. The van der Waals surface area contributed by atoms with Gasteiger partial charge in [-0.05, 0) is 36.1 Å². The van der Waals surface area contributed by atoms with Crippen molar-refractivity contribution < 1.29 is 17.4 Å². The van der Waals surface area contributed by atoms with Crippen molar-refractivity contribution >= 4 is 43.3 Å². The van der Waals surface area contributed by atoms with Crippen LogP contribution in [0.1, 0.15) is 23.7 Å². The van der Waals surface area contributed by atoms with Crippen LogP contribution in [0.4, 0.5) is 5.69 Å². The van der Waals surface area contributed by atoms with E-state index >= 15 is 0 Å². The first-order valence-electron chi connectivity index (χ1n) is 9.81. The molecular weight excluding hydrogens is 398 g/mol. The molecule has 0 saturated heterocycles. The largest absolute Gasteiger partial charge is 0.378 e. The summed E-state index contributed by atoms with van der Waals surface area (Å²) in [5.74, 6) is 0.182. The van der Waals surface area contributed by atoms with Gasteiger partial charge in [-0.25, -0.2) is 0 Å². The highest BCUT2D eigenvalue weighted by Gasteiger charge is 2.32. The molecule has 0 spiro atoms. The van der Waals surface area contributed by atoms with Gasteiger partial charge < -0.3 is 9.08 Å². The van der Waals surface area contributed by atoms with E-state index in [1.807, 2.05) is 37.3 Å². The molecule has 1 amide bonds. The van der Waals surface area contributed by atoms with Crippen molar-refractivity contribution in [2.24, 2.45) is 0 Å². The molecule has 0 unspecified atom stereocenters. The monoisotopic (exact) mass is 417 g/mol. The van der Waals surface area contributed by atoms with E-state index in [-0.39, 0.29) is 16.6 Å².